The molecule has 1 rings (SSSR count). The van der Waals surface area contributed by atoms with Gasteiger partial charge in [0.1, 0.15) is 0 Å². The van der Waals surface area contributed by atoms with E-state index in [1.54, 1.807) is 7.11 Å². The Morgan fingerprint density at radius 2 is 2.00 bits per heavy atom. The summed E-state index contributed by atoms with van der Waals surface area (Å²) in [5, 5.41) is 3.39. The quantitative estimate of drug-likeness (QED) is 0.685. The largest absolute Gasteiger partial charge is 0.383 e. The maximum absolute atomic E-state index is 5.01. The summed E-state index contributed by atoms with van der Waals surface area (Å²) in [6.07, 6.45) is 2.38. The minimum atomic E-state index is 0.772. The number of hydrogen-bond donors (Lipinski definition) is 1. The number of aromatic nitrogens is 1. The van der Waals surface area contributed by atoms with Crippen LogP contribution in [0.2, 0.25) is 0 Å². The van der Waals surface area contributed by atoms with Crippen LogP contribution >= 0.6 is 0 Å². The smallest absolute Gasteiger partial charge is 0.0587 e. The molecule has 92 valence electrons. The summed E-state index contributed by atoms with van der Waals surface area (Å²) < 4.78 is 7.42. The van der Waals surface area contributed by atoms with Crippen molar-refractivity contribution in [2.45, 2.75) is 39.8 Å². The van der Waals surface area contributed by atoms with Crippen LogP contribution in [0.5, 0.6) is 0 Å². The van der Waals surface area contributed by atoms with Crippen molar-refractivity contribution in [2.75, 3.05) is 20.3 Å². The Labute approximate surface area is 98.8 Å². The number of nitrogens with one attached hydrogen (secondary N) is 1. The standard InChI is InChI=1S/C13H24N2O/c1-4-6-12-7-8-13(15(12)5-2)11-14-9-10-16-3/h7-8,14H,4-6,9-11H2,1-3H3. The molecule has 1 aromatic heterocycles. The van der Waals surface area contributed by atoms with Gasteiger partial charge < -0.3 is 14.6 Å². The molecule has 0 aromatic carbocycles. The van der Waals surface area contributed by atoms with Gasteiger partial charge in [-0.25, -0.2) is 0 Å². The Morgan fingerprint density at radius 1 is 1.25 bits per heavy atom. The summed E-state index contributed by atoms with van der Waals surface area (Å²) in [7, 11) is 1.73. The number of nitrogens with zero attached hydrogens (tertiary/aromatic N) is 1. The third-order valence-electron chi connectivity index (χ3n) is 2.77. The van der Waals surface area contributed by atoms with Gasteiger partial charge in [0.05, 0.1) is 6.61 Å². The lowest BCUT2D eigenvalue weighted by atomic mass is 10.2. The van der Waals surface area contributed by atoms with Crippen LogP contribution in [0.25, 0.3) is 0 Å². The minimum Gasteiger partial charge on any atom is -0.383 e. The van der Waals surface area contributed by atoms with Crippen LogP contribution in [0.1, 0.15) is 31.7 Å². The van der Waals surface area contributed by atoms with Crippen molar-refractivity contribution in [1.82, 2.24) is 9.88 Å². The highest BCUT2D eigenvalue weighted by molar-refractivity contribution is 5.16. The Bertz CT molecular complexity index is 294. The number of aryl methyl sites for hydroxylation is 1. The highest BCUT2D eigenvalue weighted by Gasteiger charge is 2.05. The fourth-order valence-corrected chi connectivity index (χ4v) is 1.98. The molecule has 0 bridgehead atoms. The van der Waals surface area contributed by atoms with E-state index in [0.717, 1.165) is 26.2 Å². The van der Waals surface area contributed by atoms with Crippen LogP contribution in [-0.4, -0.2) is 24.8 Å². The molecular formula is C13H24N2O. The van der Waals surface area contributed by atoms with Crippen molar-refractivity contribution in [3.8, 4) is 0 Å². The molecule has 0 spiro atoms. The van der Waals surface area contributed by atoms with Gasteiger partial charge in [-0.1, -0.05) is 13.3 Å². The molecule has 1 N–H and O–H groups in total. The van der Waals surface area contributed by atoms with Gasteiger partial charge >= 0.3 is 0 Å². The summed E-state index contributed by atoms with van der Waals surface area (Å²) >= 11 is 0. The van der Waals surface area contributed by atoms with Gasteiger partial charge in [0.15, 0.2) is 0 Å². The molecule has 0 saturated carbocycles. The minimum absolute atomic E-state index is 0.772. The van der Waals surface area contributed by atoms with Crippen LogP contribution < -0.4 is 5.32 Å². The van der Waals surface area contributed by atoms with E-state index < -0.39 is 0 Å². The third-order valence-corrected chi connectivity index (χ3v) is 2.77. The fourth-order valence-electron chi connectivity index (χ4n) is 1.98. The first kappa shape index (κ1) is 13.3. The molecule has 0 saturated heterocycles. The predicted molar refractivity (Wildman–Crippen MR) is 67.7 cm³/mol. The van der Waals surface area contributed by atoms with Crippen LogP contribution in [0.15, 0.2) is 12.1 Å². The topological polar surface area (TPSA) is 26.2 Å². The third kappa shape index (κ3) is 3.65. The van der Waals surface area contributed by atoms with E-state index in [-0.39, 0.29) is 0 Å². The van der Waals surface area contributed by atoms with Crippen LogP contribution in [0, 0.1) is 0 Å². The Kier molecular flexibility index (Phi) is 6.19. The molecule has 0 amide bonds. The lowest BCUT2D eigenvalue weighted by molar-refractivity contribution is 0.199. The van der Waals surface area contributed by atoms with Crippen molar-refractivity contribution < 1.29 is 4.74 Å². The molecule has 0 atom stereocenters. The van der Waals surface area contributed by atoms with Crippen LogP contribution in [0.4, 0.5) is 0 Å². The highest BCUT2D eigenvalue weighted by Crippen LogP contribution is 2.11. The lowest BCUT2D eigenvalue weighted by Gasteiger charge is -2.11. The average Bonchev–Trinajstić information content (AvgIpc) is 2.67. The molecular weight excluding hydrogens is 200 g/mol. The van der Waals surface area contributed by atoms with Gasteiger partial charge in [0.2, 0.25) is 0 Å². The van der Waals surface area contributed by atoms with E-state index in [2.05, 4.69) is 35.9 Å². The highest BCUT2D eigenvalue weighted by atomic mass is 16.5. The van der Waals surface area contributed by atoms with Crippen LogP contribution in [-0.2, 0) is 24.2 Å². The number of ether oxygens (including phenoxy) is 1. The van der Waals surface area contributed by atoms with Gasteiger partial charge in [0, 0.05) is 38.1 Å². The number of rotatable bonds is 8. The maximum atomic E-state index is 5.01. The van der Waals surface area contributed by atoms with Gasteiger partial charge in [-0.3, -0.25) is 0 Å². The van der Waals surface area contributed by atoms with E-state index in [0.29, 0.717) is 0 Å². The second-order valence-corrected chi connectivity index (χ2v) is 3.98. The predicted octanol–water partition coefficient (Wildman–Crippen LogP) is 2.20. The molecule has 3 nitrogen and oxygen atoms in total. The Balaban J connectivity index is 2.51. The zero-order chi connectivity index (χ0) is 11.8. The second-order valence-electron chi connectivity index (χ2n) is 3.98. The van der Waals surface area contributed by atoms with E-state index in [1.165, 1.54) is 24.2 Å². The van der Waals surface area contributed by atoms with E-state index in [1.807, 2.05) is 0 Å². The molecule has 0 aliphatic heterocycles. The zero-order valence-corrected chi connectivity index (χ0v) is 10.8. The van der Waals surface area contributed by atoms with Crippen molar-refractivity contribution in [3.63, 3.8) is 0 Å². The Hall–Kier alpha value is -0.800. The van der Waals surface area contributed by atoms with Crippen molar-refractivity contribution >= 4 is 0 Å². The van der Waals surface area contributed by atoms with Crippen LogP contribution in [0.3, 0.4) is 0 Å². The first-order valence-corrected chi connectivity index (χ1v) is 6.20. The summed E-state index contributed by atoms with van der Waals surface area (Å²) in [4.78, 5) is 0. The molecule has 1 aromatic rings. The molecule has 16 heavy (non-hydrogen) atoms. The van der Waals surface area contributed by atoms with Gasteiger partial charge in [-0.15, -0.1) is 0 Å². The fraction of sp³-hybridized carbons (Fsp3) is 0.692. The SMILES string of the molecule is CCCc1ccc(CNCCOC)n1CC. The lowest BCUT2D eigenvalue weighted by Crippen LogP contribution is -2.20. The van der Waals surface area contributed by atoms with Crippen molar-refractivity contribution in [1.29, 1.82) is 0 Å². The molecule has 0 unspecified atom stereocenters. The first-order chi connectivity index (χ1) is 7.83. The van der Waals surface area contributed by atoms with Crippen molar-refractivity contribution in [2.24, 2.45) is 0 Å². The molecule has 3 heteroatoms. The second kappa shape index (κ2) is 7.47. The van der Waals surface area contributed by atoms with Gasteiger partial charge in [-0.2, -0.15) is 0 Å². The Morgan fingerprint density at radius 3 is 2.62 bits per heavy atom. The number of methoxy groups -OCH3 is 1. The van der Waals surface area contributed by atoms with Gasteiger partial charge in [-0.05, 0) is 25.5 Å². The van der Waals surface area contributed by atoms with E-state index in [4.69, 9.17) is 4.74 Å². The zero-order valence-electron chi connectivity index (χ0n) is 10.8. The van der Waals surface area contributed by atoms with E-state index >= 15 is 0 Å². The monoisotopic (exact) mass is 224 g/mol. The summed E-state index contributed by atoms with van der Waals surface area (Å²) in [5.74, 6) is 0. The molecule has 1 heterocycles. The normalized spacial score (nSPS) is 10.9. The number of hydrogen-bond acceptors (Lipinski definition) is 2. The average molecular weight is 224 g/mol. The first-order valence-electron chi connectivity index (χ1n) is 6.20. The molecule has 0 aliphatic rings. The van der Waals surface area contributed by atoms with Gasteiger partial charge in [0.25, 0.3) is 0 Å². The molecule has 0 aliphatic carbocycles. The molecule has 0 fully saturated rings. The summed E-state index contributed by atoms with van der Waals surface area (Å²) in [6.45, 7) is 8.11. The maximum Gasteiger partial charge on any atom is 0.0587 e. The summed E-state index contributed by atoms with van der Waals surface area (Å²) in [6, 6.07) is 4.48. The van der Waals surface area contributed by atoms with E-state index in [9.17, 15) is 0 Å². The molecule has 0 radical (unpaired) electrons. The summed E-state index contributed by atoms with van der Waals surface area (Å²) in [5.41, 5.74) is 2.83. The van der Waals surface area contributed by atoms with Crippen molar-refractivity contribution in [3.05, 3.63) is 23.5 Å².